The molecule has 0 saturated heterocycles. The average Bonchev–Trinajstić information content (AvgIpc) is 3.22. The predicted octanol–water partition coefficient (Wildman–Crippen LogP) is 6.43. The molecule has 5 nitrogen and oxygen atoms in total. The second-order valence-electron chi connectivity index (χ2n) is 7.60. The Morgan fingerprint density at radius 3 is 2.73 bits per heavy atom. The van der Waals surface area contributed by atoms with Gasteiger partial charge < -0.3 is 19.8 Å². The molecule has 0 aliphatic heterocycles. The number of para-hydroxylation sites is 2. The number of halogens is 3. The summed E-state index contributed by atoms with van der Waals surface area (Å²) < 4.78 is 25.6. The monoisotopic (exact) mass is 531 g/mol. The first-order valence-electron chi connectivity index (χ1n) is 10.6. The first kappa shape index (κ1) is 23.5. The van der Waals surface area contributed by atoms with Crippen molar-refractivity contribution < 1.29 is 13.9 Å². The van der Waals surface area contributed by atoms with Gasteiger partial charge >= 0.3 is 0 Å². The van der Waals surface area contributed by atoms with Gasteiger partial charge in [-0.15, -0.1) is 0 Å². The van der Waals surface area contributed by atoms with Crippen LogP contribution in [0.15, 0.2) is 59.1 Å². The number of methoxy groups -OCH3 is 1. The second-order valence-corrected chi connectivity index (χ2v) is 8.86. The molecule has 1 heterocycles. The second kappa shape index (κ2) is 11.0. The van der Waals surface area contributed by atoms with Crippen molar-refractivity contribution in [3.63, 3.8) is 0 Å². The summed E-state index contributed by atoms with van der Waals surface area (Å²) in [6.07, 6.45) is 1.85. The van der Waals surface area contributed by atoms with E-state index < -0.39 is 0 Å². The lowest BCUT2D eigenvalue weighted by atomic mass is 10.2. The number of H-pyrrole nitrogens is 1. The molecule has 2 N–H and O–H groups in total. The Bertz CT molecular complexity index is 1210. The van der Waals surface area contributed by atoms with Gasteiger partial charge in [-0.05, 0) is 54.9 Å². The maximum atomic E-state index is 13.2. The maximum absolute atomic E-state index is 13.2. The van der Waals surface area contributed by atoms with E-state index >= 15 is 0 Å². The molecule has 4 aromatic rings. The summed E-state index contributed by atoms with van der Waals surface area (Å²) in [5.74, 6) is 1.83. The third-order valence-corrected chi connectivity index (χ3v) is 6.34. The number of aromatic amines is 1. The number of ether oxygens (including phenoxy) is 2. The summed E-state index contributed by atoms with van der Waals surface area (Å²) in [6.45, 7) is 1.75. The standard InChI is InChI=1S/C25H24BrClFN3O2/c1-32-23-11-17(14-29-10-4-7-25-30-21-5-2-3-6-22(21)31-25)19(26)13-24(23)33-15-16-8-9-18(28)12-20(16)27/h2-3,5-6,8-9,11-13,29H,4,7,10,14-15H2,1H3,(H,30,31). The Morgan fingerprint density at radius 2 is 1.94 bits per heavy atom. The highest BCUT2D eigenvalue weighted by Gasteiger charge is 2.12. The Hall–Kier alpha value is -2.61. The molecule has 0 aliphatic carbocycles. The zero-order valence-corrected chi connectivity index (χ0v) is 20.5. The molecule has 0 radical (unpaired) electrons. The number of benzene rings is 3. The van der Waals surface area contributed by atoms with Crippen LogP contribution in [0.2, 0.25) is 5.02 Å². The molecule has 33 heavy (non-hydrogen) atoms. The van der Waals surface area contributed by atoms with Crippen LogP contribution >= 0.6 is 27.5 Å². The Labute approximate surface area is 205 Å². The van der Waals surface area contributed by atoms with Crippen molar-refractivity contribution in [1.82, 2.24) is 15.3 Å². The Kier molecular flexibility index (Phi) is 7.85. The SMILES string of the molecule is COc1cc(CNCCCc2nc3ccccc3[nH]2)c(Br)cc1OCc1ccc(F)cc1Cl. The number of hydrogen-bond acceptors (Lipinski definition) is 4. The van der Waals surface area contributed by atoms with Crippen LogP contribution in [-0.2, 0) is 19.6 Å². The molecule has 0 atom stereocenters. The first-order valence-corrected chi connectivity index (χ1v) is 11.8. The van der Waals surface area contributed by atoms with Gasteiger partial charge in [-0.1, -0.05) is 45.7 Å². The highest BCUT2D eigenvalue weighted by Crippen LogP contribution is 2.34. The number of rotatable bonds is 10. The van der Waals surface area contributed by atoms with E-state index in [0.717, 1.165) is 46.3 Å². The van der Waals surface area contributed by atoms with Crippen LogP contribution in [0.5, 0.6) is 11.5 Å². The molecule has 4 rings (SSSR count). The summed E-state index contributed by atoms with van der Waals surface area (Å²) in [5, 5.41) is 3.80. The van der Waals surface area contributed by atoms with E-state index in [-0.39, 0.29) is 12.4 Å². The molecule has 0 fully saturated rings. The highest BCUT2D eigenvalue weighted by molar-refractivity contribution is 9.10. The third kappa shape index (κ3) is 6.05. The van der Waals surface area contributed by atoms with Gasteiger partial charge in [-0.2, -0.15) is 0 Å². The van der Waals surface area contributed by atoms with Gasteiger partial charge in [0.2, 0.25) is 0 Å². The number of nitrogens with zero attached hydrogens (tertiary/aromatic N) is 1. The van der Waals surface area contributed by atoms with Crippen LogP contribution in [0.25, 0.3) is 11.0 Å². The summed E-state index contributed by atoms with van der Waals surface area (Å²) in [7, 11) is 1.60. The average molecular weight is 533 g/mol. The van der Waals surface area contributed by atoms with Gasteiger partial charge in [-0.3, -0.25) is 0 Å². The van der Waals surface area contributed by atoms with Gasteiger partial charge in [0.15, 0.2) is 11.5 Å². The molecule has 0 amide bonds. The van der Waals surface area contributed by atoms with Crippen LogP contribution in [0.1, 0.15) is 23.4 Å². The van der Waals surface area contributed by atoms with Gasteiger partial charge in [0.25, 0.3) is 0 Å². The van der Waals surface area contributed by atoms with Crippen LogP contribution in [0.3, 0.4) is 0 Å². The van der Waals surface area contributed by atoms with Crippen LogP contribution in [0.4, 0.5) is 4.39 Å². The number of imidazole rings is 1. The number of nitrogens with one attached hydrogen (secondary N) is 2. The van der Waals surface area contributed by atoms with Gasteiger partial charge in [0.05, 0.1) is 23.2 Å². The highest BCUT2D eigenvalue weighted by atomic mass is 79.9. The smallest absolute Gasteiger partial charge is 0.162 e. The fourth-order valence-corrected chi connectivity index (χ4v) is 4.19. The Balaban J connectivity index is 1.30. The van der Waals surface area contributed by atoms with Crippen molar-refractivity contribution in [2.75, 3.05) is 13.7 Å². The van der Waals surface area contributed by atoms with E-state index in [1.54, 1.807) is 13.2 Å². The molecule has 3 aromatic carbocycles. The van der Waals surface area contributed by atoms with Crippen molar-refractivity contribution >= 4 is 38.6 Å². The minimum atomic E-state index is -0.376. The minimum absolute atomic E-state index is 0.210. The molecule has 0 aliphatic rings. The fraction of sp³-hybridized carbons (Fsp3) is 0.240. The summed E-state index contributed by atoms with van der Waals surface area (Å²) >= 11 is 9.71. The van der Waals surface area contributed by atoms with Crippen LogP contribution < -0.4 is 14.8 Å². The quantitative estimate of drug-likeness (QED) is 0.231. The number of aryl methyl sites for hydroxylation is 1. The number of hydrogen-bond donors (Lipinski definition) is 2. The zero-order valence-electron chi connectivity index (χ0n) is 18.1. The molecule has 8 heteroatoms. The fourth-order valence-electron chi connectivity index (χ4n) is 3.51. The normalized spacial score (nSPS) is 11.2. The zero-order chi connectivity index (χ0) is 23.2. The summed E-state index contributed by atoms with van der Waals surface area (Å²) in [5.41, 5.74) is 3.83. The minimum Gasteiger partial charge on any atom is -0.493 e. The lowest BCUT2D eigenvalue weighted by Crippen LogP contribution is -2.16. The molecule has 172 valence electrons. The van der Waals surface area contributed by atoms with Crippen LogP contribution in [-0.4, -0.2) is 23.6 Å². The first-order chi connectivity index (χ1) is 16.0. The van der Waals surface area contributed by atoms with E-state index in [4.69, 9.17) is 21.1 Å². The van der Waals surface area contributed by atoms with Crippen molar-refractivity contribution in [3.8, 4) is 11.5 Å². The molecular weight excluding hydrogens is 509 g/mol. The lowest BCUT2D eigenvalue weighted by molar-refractivity contribution is 0.284. The van der Waals surface area contributed by atoms with Crippen molar-refractivity contribution in [2.45, 2.75) is 26.0 Å². The Morgan fingerprint density at radius 1 is 1.09 bits per heavy atom. The number of aromatic nitrogens is 2. The van der Waals surface area contributed by atoms with E-state index in [9.17, 15) is 4.39 Å². The third-order valence-electron chi connectivity index (χ3n) is 5.25. The van der Waals surface area contributed by atoms with E-state index in [2.05, 4.69) is 31.2 Å². The predicted molar refractivity (Wildman–Crippen MR) is 133 cm³/mol. The lowest BCUT2D eigenvalue weighted by Gasteiger charge is -2.15. The molecule has 0 spiro atoms. The van der Waals surface area contributed by atoms with E-state index in [1.807, 2.05) is 36.4 Å². The molecule has 1 aromatic heterocycles. The number of fused-ring (bicyclic) bond motifs is 1. The topological polar surface area (TPSA) is 59.2 Å². The molecule has 0 unspecified atom stereocenters. The summed E-state index contributed by atoms with van der Waals surface area (Å²) in [6, 6.07) is 16.1. The van der Waals surface area contributed by atoms with Crippen molar-refractivity contribution in [2.24, 2.45) is 0 Å². The maximum Gasteiger partial charge on any atom is 0.162 e. The summed E-state index contributed by atoms with van der Waals surface area (Å²) in [4.78, 5) is 7.98. The van der Waals surface area contributed by atoms with E-state index in [0.29, 0.717) is 28.6 Å². The van der Waals surface area contributed by atoms with Gasteiger partial charge in [0, 0.05) is 23.0 Å². The van der Waals surface area contributed by atoms with Gasteiger partial charge in [0.1, 0.15) is 18.2 Å². The van der Waals surface area contributed by atoms with Crippen molar-refractivity contribution in [1.29, 1.82) is 0 Å². The van der Waals surface area contributed by atoms with Gasteiger partial charge in [-0.25, -0.2) is 9.37 Å². The molecule has 0 bridgehead atoms. The van der Waals surface area contributed by atoms with E-state index in [1.165, 1.54) is 12.1 Å². The largest absolute Gasteiger partial charge is 0.493 e. The van der Waals surface area contributed by atoms with Crippen molar-refractivity contribution in [3.05, 3.63) is 86.9 Å². The molecular formula is C25H24BrClFN3O2. The van der Waals surface area contributed by atoms with Crippen LogP contribution in [0, 0.1) is 5.82 Å². The molecule has 0 saturated carbocycles.